The molecule has 3 heteroatoms. The Morgan fingerprint density at radius 3 is 2.29 bits per heavy atom. The first-order valence-corrected chi connectivity index (χ1v) is 6.42. The van der Waals surface area contributed by atoms with Crippen molar-refractivity contribution in [2.45, 2.75) is 19.4 Å². The van der Waals surface area contributed by atoms with Crippen LogP contribution in [0.15, 0.2) is 0 Å². The molecule has 0 aliphatic rings. The fourth-order valence-electron chi connectivity index (χ4n) is 0.390. The van der Waals surface area contributed by atoms with E-state index in [1.807, 2.05) is 0 Å². The van der Waals surface area contributed by atoms with Crippen LogP contribution in [0, 0.1) is 0 Å². The van der Waals surface area contributed by atoms with Gasteiger partial charge in [0.15, 0.2) is 8.11 Å². The van der Waals surface area contributed by atoms with E-state index in [2.05, 4.69) is 6.92 Å². The topological polar surface area (TPSA) is 0 Å². The highest BCUT2D eigenvalue weighted by molar-refractivity contribution is 7.09. The summed E-state index contributed by atoms with van der Waals surface area (Å²) in [5.74, 6) is 0. The molecule has 0 amide bonds. The van der Waals surface area contributed by atoms with Gasteiger partial charge in [0, 0.05) is 5.50 Å². The second kappa shape index (κ2) is 4.94. The lowest BCUT2D eigenvalue weighted by Gasteiger charge is -1.95. The minimum Gasteiger partial charge on any atom is -0.170 e. The average Bonchev–Trinajstić information content (AvgIpc) is 1.68. The lowest BCUT2D eigenvalue weighted by molar-refractivity contribution is 1.07. The maximum atomic E-state index is 5.77. The van der Waals surface area contributed by atoms with E-state index in [1.54, 1.807) is 0 Å². The van der Waals surface area contributed by atoms with Gasteiger partial charge in [0.25, 0.3) is 0 Å². The van der Waals surface area contributed by atoms with E-state index in [9.17, 15) is 0 Å². The molecule has 7 heavy (non-hydrogen) atoms. The van der Waals surface area contributed by atoms with Crippen LogP contribution in [0.5, 0.6) is 0 Å². The highest BCUT2D eigenvalue weighted by Gasteiger charge is 2.00. The minimum absolute atomic E-state index is 0.718. The zero-order valence-electron chi connectivity index (χ0n) is 4.45. The predicted octanol–water partition coefficient (Wildman–Crippen LogP) is 2.14. The van der Waals surface area contributed by atoms with Crippen molar-refractivity contribution in [1.29, 1.82) is 0 Å². The van der Waals surface area contributed by atoms with Crippen LogP contribution < -0.4 is 0 Å². The van der Waals surface area contributed by atoms with Crippen LogP contribution >= 0.6 is 22.7 Å². The Labute approximate surface area is 56.1 Å². The highest BCUT2D eigenvalue weighted by Crippen LogP contribution is 2.02. The fourth-order valence-corrected chi connectivity index (χ4v) is 2.29. The zero-order chi connectivity index (χ0) is 5.70. The molecule has 44 valence electrons. The molecule has 0 aromatic carbocycles. The standard InChI is InChI=1S/C4H10Cl2Si/c1-2-3-7(6)4-5/h7H,2-4H2,1H3. The van der Waals surface area contributed by atoms with Crippen LogP contribution in [0.25, 0.3) is 0 Å². The summed E-state index contributed by atoms with van der Waals surface area (Å²) in [5, 5.41) is 0. The number of hydrogen-bond acceptors (Lipinski definition) is 0. The number of hydrogen-bond donors (Lipinski definition) is 0. The molecule has 0 spiro atoms. The lowest BCUT2D eigenvalue weighted by Crippen LogP contribution is -2.03. The molecule has 0 aromatic heterocycles. The van der Waals surface area contributed by atoms with E-state index in [4.69, 9.17) is 22.7 Å². The van der Waals surface area contributed by atoms with Crippen molar-refractivity contribution < 1.29 is 0 Å². The normalized spacial score (nSPS) is 14.1. The van der Waals surface area contributed by atoms with Crippen LogP contribution in [-0.4, -0.2) is 13.6 Å². The van der Waals surface area contributed by atoms with E-state index >= 15 is 0 Å². The van der Waals surface area contributed by atoms with Gasteiger partial charge in [0.05, 0.1) is 0 Å². The van der Waals surface area contributed by atoms with Gasteiger partial charge >= 0.3 is 0 Å². The molecular weight excluding hydrogens is 147 g/mol. The molecule has 0 N–H and O–H groups in total. The number of halogens is 2. The lowest BCUT2D eigenvalue weighted by atomic mass is 10.6. The Kier molecular flexibility index (Phi) is 5.51. The van der Waals surface area contributed by atoms with Crippen LogP contribution in [-0.2, 0) is 0 Å². The van der Waals surface area contributed by atoms with Gasteiger partial charge < -0.3 is 0 Å². The summed E-state index contributed by atoms with van der Waals surface area (Å²) in [6.07, 6.45) is 1.19. The molecule has 0 saturated carbocycles. The van der Waals surface area contributed by atoms with Crippen LogP contribution in [0.4, 0.5) is 0 Å². The molecule has 0 aliphatic carbocycles. The molecule has 0 nitrogen and oxygen atoms in total. The Morgan fingerprint density at radius 2 is 2.14 bits per heavy atom. The van der Waals surface area contributed by atoms with Gasteiger partial charge in [-0.05, 0) is 6.04 Å². The third-order valence-corrected chi connectivity index (χ3v) is 5.02. The summed E-state index contributed by atoms with van der Waals surface area (Å²) in [6, 6.07) is 1.17. The molecule has 0 heterocycles. The van der Waals surface area contributed by atoms with E-state index in [0.717, 1.165) is 5.50 Å². The fraction of sp³-hybridized carbons (Fsp3) is 1.00. The van der Waals surface area contributed by atoms with Crippen molar-refractivity contribution in [2.75, 3.05) is 5.50 Å². The van der Waals surface area contributed by atoms with Crippen LogP contribution in [0.3, 0.4) is 0 Å². The second-order valence-corrected chi connectivity index (χ2v) is 6.40. The summed E-state index contributed by atoms with van der Waals surface area (Å²) >= 11 is 11.2. The first-order chi connectivity index (χ1) is 3.31. The molecule has 0 aliphatic heterocycles. The van der Waals surface area contributed by atoms with E-state index in [1.165, 1.54) is 12.5 Å². The SMILES string of the molecule is CCC[SiH](Cl)CCl. The molecule has 0 radical (unpaired) electrons. The molecule has 0 aromatic rings. The van der Waals surface area contributed by atoms with Crippen LogP contribution in [0.1, 0.15) is 13.3 Å². The Hall–Kier alpha value is 0.797. The van der Waals surface area contributed by atoms with E-state index < -0.39 is 8.11 Å². The molecule has 1 atom stereocenters. The summed E-state index contributed by atoms with van der Waals surface area (Å²) in [6.45, 7) is 2.13. The molecule has 0 fully saturated rings. The zero-order valence-corrected chi connectivity index (χ0v) is 7.12. The monoisotopic (exact) mass is 156 g/mol. The quantitative estimate of drug-likeness (QED) is 0.334. The minimum atomic E-state index is -0.944. The van der Waals surface area contributed by atoms with Gasteiger partial charge in [-0.2, -0.15) is 11.1 Å². The molecule has 0 bridgehead atoms. The van der Waals surface area contributed by atoms with Crippen molar-refractivity contribution in [1.82, 2.24) is 0 Å². The van der Waals surface area contributed by atoms with Crippen molar-refractivity contribution in [3.05, 3.63) is 0 Å². The maximum absolute atomic E-state index is 5.77. The van der Waals surface area contributed by atoms with Gasteiger partial charge in [0.1, 0.15) is 0 Å². The van der Waals surface area contributed by atoms with Crippen molar-refractivity contribution in [3.63, 3.8) is 0 Å². The number of alkyl halides is 1. The van der Waals surface area contributed by atoms with Crippen molar-refractivity contribution in [3.8, 4) is 0 Å². The third kappa shape index (κ3) is 4.65. The van der Waals surface area contributed by atoms with Crippen molar-refractivity contribution >= 4 is 30.8 Å². The van der Waals surface area contributed by atoms with Gasteiger partial charge in [-0.15, -0.1) is 11.6 Å². The van der Waals surface area contributed by atoms with E-state index in [0.29, 0.717) is 0 Å². The Morgan fingerprint density at radius 1 is 1.57 bits per heavy atom. The molecular formula is C4H10Cl2Si. The van der Waals surface area contributed by atoms with Gasteiger partial charge in [0.2, 0.25) is 0 Å². The third-order valence-electron chi connectivity index (χ3n) is 0.769. The Bertz CT molecular complexity index is 40.7. The molecule has 0 saturated heterocycles. The first kappa shape index (κ1) is 7.80. The first-order valence-electron chi connectivity index (χ1n) is 2.51. The van der Waals surface area contributed by atoms with E-state index in [-0.39, 0.29) is 0 Å². The smallest absolute Gasteiger partial charge is 0.155 e. The summed E-state index contributed by atoms with van der Waals surface area (Å²) in [5.41, 5.74) is 0.718. The summed E-state index contributed by atoms with van der Waals surface area (Å²) in [7, 11) is -0.944. The second-order valence-electron chi connectivity index (χ2n) is 1.54. The molecule has 0 rings (SSSR count). The maximum Gasteiger partial charge on any atom is 0.155 e. The number of rotatable bonds is 3. The summed E-state index contributed by atoms with van der Waals surface area (Å²) in [4.78, 5) is 0. The summed E-state index contributed by atoms with van der Waals surface area (Å²) < 4.78 is 0. The van der Waals surface area contributed by atoms with Gasteiger partial charge in [-0.1, -0.05) is 13.3 Å². The van der Waals surface area contributed by atoms with Gasteiger partial charge in [-0.3, -0.25) is 0 Å². The highest BCUT2D eigenvalue weighted by atomic mass is 35.6. The van der Waals surface area contributed by atoms with Gasteiger partial charge in [-0.25, -0.2) is 0 Å². The van der Waals surface area contributed by atoms with Crippen molar-refractivity contribution in [2.24, 2.45) is 0 Å². The Balaban J connectivity index is 2.83. The molecule has 1 unspecified atom stereocenters. The largest absolute Gasteiger partial charge is 0.170 e. The van der Waals surface area contributed by atoms with Crippen LogP contribution in [0.2, 0.25) is 6.04 Å². The average molecular weight is 157 g/mol. The predicted molar refractivity (Wildman–Crippen MR) is 38.8 cm³/mol.